The van der Waals surface area contributed by atoms with E-state index in [0.717, 1.165) is 6.20 Å². The van der Waals surface area contributed by atoms with Gasteiger partial charge in [0.15, 0.2) is 0 Å². The number of hydrogen-bond acceptors (Lipinski definition) is 5. The number of fused-ring (bicyclic) bond motifs is 1. The molecule has 7 nitrogen and oxygen atoms in total. The molecule has 3 aromatic heterocycles. The molecule has 12 heteroatoms. The highest BCUT2D eigenvalue weighted by atomic mass is 32.2. The van der Waals surface area contributed by atoms with Gasteiger partial charge in [-0.25, -0.2) is 17.8 Å². The minimum Gasteiger partial charge on any atom is -0.291 e. The van der Waals surface area contributed by atoms with Gasteiger partial charge in [-0.05, 0) is 61.7 Å². The Labute approximate surface area is 210 Å². The fraction of sp³-hybridized carbons (Fsp3) is 0.240. The van der Waals surface area contributed by atoms with E-state index < -0.39 is 33.0 Å². The predicted molar refractivity (Wildman–Crippen MR) is 129 cm³/mol. The molecule has 192 valence electrons. The molecule has 0 aliphatic rings. The van der Waals surface area contributed by atoms with Crippen LogP contribution in [0, 0.1) is 24.1 Å². The lowest BCUT2D eigenvalue weighted by molar-refractivity contribution is -0.147. The monoisotopic (exact) mass is 531 g/mol. The molecule has 0 spiro atoms. The van der Waals surface area contributed by atoms with Crippen molar-refractivity contribution in [2.45, 2.75) is 44.3 Å². The maximum atomic E-state index is 14.7. The number of pyridine rings is 2. The van der Waals surface area contributed by atoms with Crippen molar-refractivity contribution >= 4 is 20.9 Å². The molecule has 0 aliphatic heterocycles. The van der Waals surface area contributed by atoms with Crippen molar-refractivity contribution in [1.29, 1.82) is 5.26 Å². The molecular weight excluding hydrogens is 510 g/mol. The molecule has 0 radical (unpaired) electrons. The van der Waals surface area contributed by atoms with Gasteiger partial charge in [-0.15, -0.1) is 0 Å². The van der Waals surface area contributed by atoms with Crippen LogP contribution in [0.5, 0.6) is 0 Å². The van der Waals surface area contributed by atoms with Crippen LogP contribution in [-0.4, -0.2) is 35.2 Å². The SMILES string of the molecule is CCc1cc2c(cc1F)c(C#N)c(-c1ncc(S(=O)(=O)N[C@@H](C)C(F)(F)F)cc1C)n2-c1ccccn1. The summed E-state index contributed by atoms with van der Waals surface area (Å²) < 4.78 is 81.9. The summed E-state index contributed by atoms with van der Waals surface area (Å²) in [4.78, 5) is 8.15. The van der Waals surface area contributed by atoms with E-state index >= 15 is 0 Å². The highest BCUT2D eigenvalue weighted by molar-refractivity contribution is 7.89. The molecule has 1 aromatic carbocycles. The second kappa shape index (κ2) is 9.57. The summed E-state index contributed by atoms with van der Waals surface area (Å²) in [7, 11) is -4.55. The molecule has 1 N–H and O–H groups in total. The molecule has 1 atom stereocenters. The fourth-order valence-corrected chi connectivity index (χ4v) is 5.25. The number of aromatic nitrogens is 3. The molecule has 0 unspecified atom stereocenters. The molecule has 3 heterocycles. The van der Waals surface area contributed by atoms with Crippen LogP contribution in [0.2, 0.25) is 0 Å². The van der Waals surface area contributed by atoms with Crippen LogP contribution in [-0.2, 0) is 16.4 Å². The highest BCUT2D eigenvalue weighted by Crippen LogP contribution is 2.37. The molecular formula is C25H21F4N5O2S. The Bertz CT molecular complexity index is 1640. The molecule has 0 bridgehead atoms. The van der Waals surface area contributed by atoms with Gasteiger partial charge in [0.25, 0.3) is 0 Å². The Kier molecular flexibility index (Phi) is 6.79. The van der Waals surface area contributed by atoms with Gasteiger partial charge >= 0.3 is 6.18 Å². The minimum atomic E-state index is -4.77. The van der Waals surface area contributed by atoms with Crippen LogP contribution in [0.1, 0.15) is 30.5 Å². The van der Waals surface area contributed by atoms with Crippen LogP contribution in [0.3, 0.4) is 0 Å². The summed E-state index contributed by atoms with van der Waals surface area (Å²) in [5.41, 5.74) is 1.74. The normalized spacial score (nSPS) is 13.0. The topological polar surface area (TPSA) is 101 Å². The molecule has 0 saturated heterocycles. The lowest BCUT2D eigenvalue weighted by Gasteiger charge is -2.18. The van der Waals surface area contributed by atoms with E-state index in [9.17, 15) is 31.2 Å². The molecule has 0 saturated carbocycles. The van der Waals surface area contributed by atoms with Crippen LogP contribution in [0.25, 0.3) is 28.1 Å². The first-order chi connectivity index (χ1) is 17.4. The molecule has 4 rings (SSSR count). The van der Waals surface area contributed by atoms with E-state index in [1.165, 1.54) is 19.1 Å². The predicted octanol–water partition coefficient (Wildman–Crippen LogP) is 5.20. The van der Waals surface area contributed by atoms with Crippen molar-refractivity contribution in [2.75, 3.05) is 0 Å². The Morgan fingerprint density at radius 3 is 2.49 bits per heavy atom. The van der Waals surface area contributed by atoms with E-state index in [-0.39, 0.29) is 22.5 Å². The fourth-order valence-electron chi connectivity index (χ4n) is 3.99. The Hall–Kier alpha value is -3.82. The van der Waals surface area contributed by atoms with Crippen molar-refractivity contribution in [2.24, 2.45) is 0 Å². The Morgan fingerprint density at radius 2 is 1.92 bits per heavy atom. The summed E-state index contributed by atoms with van der Waals surface area (Å²) in [5, 5.41) is 10.4. The number of nitrogens with zero attached hydrogens (tertiary/aromatic N) is 4. The zero-order valence-corrected chi connectivity index (χ0v) is 20.7. The Morgan fingerprint density at radius 1 is 1.19 bits per heavy atom. The smallest absolute Gasteiger partial charge is 0.291 e. The maximum absolute atomic E-state index is 14.7. The number of halogens is 4. The van der Waals surface area contributed by atoms with E-state index in [1.54, 1.807) is 46.7 Å². The number of hydrogen-bond donors (Lipinski definition) is 1. The average Bonchev–Trinajstić information content (AvgIpc) is 3.15. The summed E-state index contributed by atoms with van der Waals surface area (Å²) in [6.45, 7) is 4.01. The minimum absolute atomic E-state index is 0.0947. The first kappa shape index (κ1) is 26.2. The van der Waals surface area contributed by atoms with Gasteiger partial charge in [0, 0.05) is 17.8 Å². The number of benzene rings is 1. The van der Waals surface area contributed by atoms with E-state index in [4.69, 9.17) is 0 Å². The number of sulfonamides is 1. The van der Waals surface area contributed by atoms with Gasteiger partial charge in [0.1, 0.15) is 28.6 Å². The third kappa shape index (κ3) is 4.80. The quantitative estimate of drug-likeness (QED) is 0.345. The van der Waals surface area contributed by atoms with Gasteiger partial charge in [-0.1, -0.05) is 13.0 Å². The Balaban J connectivity index is 1.97. The van der Waals surface area contributed by atoms with E-state index in [2.05, 4.69) is 16.0 Å². The lowest BCUT2D eigenvalue weighted by atomic mass is 10.0. The third-order valence-corrected chi connectivity index (χ3v) is 7.42. The van der Waals surface area contributed by atoms with Crippen molar-refractivity contribution in [1.82, 2.24) is 19.3 Å². The second-order valence-electron chi connectivity index (χ2n) is 8.39. The highest BCUT2D eigenvalue weighted by Gasteiger charge is 2.39. The van der Waals surface area contributed by atoms with Gasteiger partial charge in [-0.2, -0.15) is 23.2 Å². The lowest BCUT2D eigenvalue weighted by Crippen LogP contribution is -2.43. The van der Waals surface area contributed by atoms with Gasteiger partial charge < -0.3 is 0 Å². The number of nitrogens with one attached hydrogen (secondary N) is 1. The molecule has 0 aliphatic carbocycles. The molecule has 37 heavy (non-hydrogen) atoms. The average molecular weight is 532 g/mol. The second-order valence-corrected chi connectivity index (χ2v) is 10.1. The van der Waals surface area contributed by atoms with E-state index in [0.29, 0.717) is 35.6 Å². The molecule has 4 aromatic rings. The summed E-state index contributed by atoms with van der Waals surface area (Å²) in [5.74, 6) is -0.0663. The molecule has 0 fully saturated rings. The van der Waals surface area contributed by atoms with Crippen LogP contribution in [0.15, 0.2) is 53.7 Å². The van der Waals surface area contributed by atoms with E-state index in [1.807, 2.05) is 0 Å². The zero-order chi connectivity index (χ0) is 27.1. The third-order valence-electron chi connectivity index (χ3n) is 5.92. The number of aryl methyl sites for hydroxylation is 2. The van der Waals surface area contributed by atoms with Crippen molar-refractivity contribution in [3.05, 3.63) is 71.3 Å². The van der Waals surface area contributed by atoms with Gasteiger partial charge in [0.05, 0.1) is 22.5 Å². The maximum Gasteiger partial charge on any atom is 0.404 e. The van der Waals surface area contributed by atoms with Crippen molar-refractivity contribution < 1.29 is 26.0 Å². The van der Waals surface area contributed by atoms with Crippen molar-refractivity contribution in [3.8, 4) is 23.3 Å². The summed E-state index contributed by atoms with van der Waals surface area (Å²) in [6.07, 6.45) is -1.90. The molecule has 0 amide bonds. The number of rotatable bonds is 6. The first-order valence-electron chi connectivity index (χ1n) is 11.1. The summed E-state index contributed by atoms with van der Waals surface area (Å²) >= 11 is 0. The van der Waals surface area contributed by atoms with Crippen LogP contribution >= 0.6 is 0 Å². The van der Waals surface area contributed by atoms with Crippen LogP contribution in [0.4, 0.5) is 17.6 Å². The zero-order valence-electron chi connectivity index (χ0n) is 19.9. The van der Waals surface area contributed by atoms with Crippen LogP contribution < -0.4 is 4.72 Å². The number of nitriles is 1. The number of alkyl halides is 3. The largest absolute Gasteiger partial charge is 0.404 e. The van der Waals surface area contributed by atoms with Crippen molar-refractivity contribution in [3.63, 3.8) is 0 Å². The van der Waals surface area contributed by atoms with Gasteiger partial charge in [0.2, 0.25) is 10.0 Å². The van der Waals surface area contributed by atoms with Gasteiger partial charge in [-0.3, -0.25) is 9.55 Å². The first-order valence-corrected chi connectivity index (χ1v) is 12.6. The summed E-state index contributed by atoms with van der Waals surface area (Å²) in [6, 6.07) is 8.98. The standard InChI is InChI=1S/C25H21F4N5O2S/c1-4-16-10-21-18(11-20(16)26)19(12-30)24(34(21)22-7-5-6-8-31-22)23-14(2)9-17(13-32-23)37(35,36)33-15(3)25(27,28)29/h5-11,13,15,33H,4H2,1-3H3/t15-/m0/s1.